The summed E-state index contributed by atoms with van der Waals surface area (Å²) >= 11 is 3.82. The van der Waals surface area contributed by atoms with Crippen molar-refractivity contribution in [1.29, 1.82) is 0 Å². The van der Waals surface area contributed by atoms with Crippen LogP contribution in [0.1, 0.15) is 11.7 Å². The third-order valence-electron chi connectivity index (χ3n) is 1.72. The lowest BCUT2D eigenvalue weighted by molar-refractivity contribution is -0.115. The van der Waals surface area contributed by atoms with Crippen molar-refractivity contribution in [3.8, 4) is 0 Å². The molecule has 1 atom stereocenters. The van der Waals surface area contributed by atoms with Crippen LogP contribution in [0.3, 0.4) is 0 Å². The Balaban J connectivity index is 2.96. The highest BCUT2D eigenvalue weighted by Gasteiger charge is 2.20. The Morgan fingerprint density at radius 1 is 1.54 bits per heavy atom. The van der Waals surface area contributed by atoms with Crippen LogP contribution in [0.15, 0.2) is 24.4 Å². The summed E-state index contributed by atoms with van der Waals surface area (Å²) in [5, 5.41) is -0.191. The molecular formula is C9H12N2OS. The van der Waals surface area contributed by atoms with Gasteiger partial charge in [0.25, 0.3) is 0 Å². The maximum atomic E-state index is 11.2. The van der Waals surface area contributed by atoms with Gasteiger partial charge >= 0.3 is 0 Å². The van der Waals surface area contributed by atoms with Gasteiger partial charge in [-0.15, -0.1) is 12.6 Å². The van der Waals surface area contributed by atoms with Crippen LogP contribution in [0.5, 0.6) is 0 Å². The van der Waals surface area contributed by atoms with Gasteiger partial charge in [0, 0.05) is 6.20 Å². The van der Waals surface area contributed by atoms with Gasteiger partial charge in [-0.05, 0) is 26.2 Å². The van der Waals surface area contributed by atoms with E-state index >= 15 is 0 Å². The minimum atomic E-state index is -0.357. The van der Waals surface area contributed by atoms with Gasteiger partial charge in [0.1, 0.15) is 6.04 Å². The number of carbonyl (C=O) groups excluding carboxylic acids is 1. The molecule has 0 radical (unpaired) electrons. The van der Waals surface area contributed by atoms with Gasteiger partial charge in [0.2, 0.25) is 5.12 Å². The number of carbonyl (C=O) groups is 1. The van der Waals surface area contributed by atoms with Crippen molar-refractivity contribution in [2.75, 3.05) is 14.1 Å². The van der Waals surface area contributed by atoms with Crippen LogP contribution in [0.2, 0.25) is 0 Å². The fraction of sp³-hybridized carbons (Fsp3) is 0.333. The Morgan fingerprint density at radius 2 is 2.23 bits per heavy atom. The van der Waals surface area contributed by atoms with Gasteiger partial charge in [-0.25, -0.2) is 0 Å². The Morgan fingerprint density at radius 3 is 2.62 bits per heavy atom. The molecule has 0 saturated heterocycles. The topological polar surface area (TPSA) is 33.2 Å². The molecule has 0 bridgehead atoms. The van der Waals surface area contributed by atoms with E-state index in [4.69, 9.17) is 0 Å². The predicted octanol–water partition coefficient (Wildman–Crippen LogP) is 1.14. The number of thiol groups is 1. The van der Waals surface area contributed by atoms with E-state index in [1.807, 2.05) is 32.3 Å². The van der Waals surface area contributed by atoms with E-state index < -0.39 is 0 Å². The van der Waals surface area contributed by atoms with Crippen molar-refractivity contribution in [2.24, 2.45) is 0 Å². The van der Waals surface area contributed by atoms with Crippen LogP contribution < -0.4 is 0 Å². The zero-order valence-electron chi connectivity index (χ0n) is 7.64. The second-order valence-corrected chi connectivity index (χ2v) is 3.40. The molecule has 0 aromatic carbocycles. The summed E-state index contributed by atoms with van der Waals surface area (Å²) in [7, 11) is 3.65. The Labute approximate surface area is 83.2 Å². The summed E-state index contributed by atoms with van der Waals surface area (Å²) in [6.07, 6.45) is 1.67. The highest BCUT2D eigenvalue weighted by atomic mass is 32.1. The number of hydrogen-bond donors (Lipinski definition) is 1. The Hall–Kier alpha value is -0.870. The second-order valence-electron chi connectivity index (χ2n) is 2.96. The molecule has 1 unspecified atom stereocenters. The van der Waals surface area contributed by atoms with E-state index in [0.29, 0.717) is 0 Å². The average molecular weight is 196 g/mol. The fourth-order valence-corrected chi connectivity index (χ4v) is 1.51. The van der Waals surface area contributed by atoms with E-state index in [0.717, 1.165) is 5.69 Å². The molecule has 1 aromatic rings. The Kier molecular flexibility index (Phi) is 3.45. The van der Waals surface area contributed by atoms with Crippen molar-refractivity contribution in [3.63, 3.8) is 0 Å². The number of pyridine rings is 1. The fourth-order valence-electron chi connectivity index (χ4n) is 1.15. The SMILES string of the molecule is CN(C)C(C(=O)S)c1ccccn1. The molecule has 1 heterocycles. The maximum Gasteiger partial charge on any atom is 0.209 e. The summed E-state index contributed by atoms with van der Waals surface area (Å²) in [5.74, 6) is 0. The predicted molar refractivity (Wildman–Crippen MR) is 54.7 cm³/mol. The van der Waals surface area contributed by atoms with Crippen LogP contribution in [0.4, 0.5) is 0 Å². The molecule has 0 aliphatic heterocycles. The second kappa shape index (κ2) is 4.39. The first-order valence-electron chi connectivity index (χ1n) is 3.93. The molecule has 1 rings (SSSR count). The molecule has 4 heteroatoms. The summed E-state index contributed by atoms with van der Waals surface area (Å²) < 4.78 is 0. The quantitative estimate of drug-likeness (QED) is 0.736. The Bertz CT molecular complexity index is 287. The van der Waals surface area contributed by atoms with Gasteiger partial charge < -0.3 is 0 Å². The molecule has 13 heavy (non-hydrogen) atoms. The number of nitrogens with zero attached hydrogens (tertiary/aromatic N) is 2. The summed E-state index contributed by atoms with van der Waals surface area (Å²) in [6, 6.07) is 5.14. The van der Waals surface area contributed by atoms with Crippen LogP contribution in [0, 0.1) is 0 Å². The van der Waals surface area contributed by atoms with Gasteiger partial charge in [-0.2, -0.15) is 0 Å². The summed E-state index contributed by atoms with van der Waals surface area (Å²) in [5.41, 5.74) is 0.729. The smallest absolute Gasteiger partial charge is 0.209 e. The van der Waals surface area contributed by atoms with Crippen molar-refractivity contribution >= 4 is 17.7 Å². The standard InChI is InChI=1S/C9H12N2OS/c1-11(2)8(9(12)13)7-5-3-4-6-10-7/h3-6,8H,1-2H3,(H,12,13). The summed E-state index contributed by atoms with van der Waals surface area (Å²) in [6.45, 7) is 0. The third-order valence-corrected chi connectivity index (χ3v) is 1.96. The largest absolute Gasteiger partial charge is 0.294 e. The van der Waals surface area contributed by atoms with Crippen molar-refractivity contribution < 1.29 is 4.79 Å². The number of aromatic nitrogens is 1. The molecular weight excluding hydrogens is 184 g/mol. The van der Waals surface area contributed by atoms with Gasteiger partial charge in [-0.3, -0.25) is 14.7 Å². The lowest BCUT2D eigenvalue weighted by Gasteiger charge is -2.19. The minimum Gasteiger partial charge on any atom is -0.294 e. The third kappa shape index (κ3) is 2.54. The molecule has 70 valence electrons. The molecule has 0 spiro atoms. The summed E-state index contributed by atoms with van der Waals surface area (Å²) in [4.78, 5) is 17.1. The lowest BCUT2D eigenvalue weighted by atomic mass is 10.2. The van der Waals surface area contributed by atoms with Crippen LogP contribution in [0.25, 0.3) is 0 Å². The zero-order chi connectivity index (χ0) is 9.84. The maximum absolute atomic E-state index is 11.2. The highest BCUT2D eigenvalue weighted by molar-refractivity contribution is 7.96. The van der Waals surface area contributed by atoms with Gasteiger partial charge in [0.15, 0.2) is 0 Å². The highest BCUT2D eigenvalue weighted by Crippen LogP contribution is 2.17. The van der Waals surface area contributed by atoms with Crippen LogP contribution in [-0.2, 0) is 4.79 Å². The molecule has 0 aliphatic rings. The van der Waals surface area contributed by atoms with E-state index in [2.05, 4.69) is 17.6 Å². The first-order chi connectivity index (χ1) is 6.13. The molecule has 0 amide bonds. The van der Waals surface area contributed by atoms with Crippen LogP contribution >= 0.6 is 12.6 Å². The molecule has 0 N–H and O–H groups in total. The van der Waals surface area contributed by atoms with Crippen LogP contribution in [-0.4, -0.2) is 29.1 Å². The molecule has 0 saturated carbocycles. The van der Waals surface area contributed by atoms with Crippen molar-refractivity contribution in [1.82, 2.24) is 9.88 Å². The van der Waals surface area contributed by atoms with Gasteiger partial charge in [-0.1, -0.05) is 6.07 Å². The zero-order valence-corrected chi connectivity index (χ0v) is 8.53. The average Bonchev–Trinajstić information content (AvgIpc) is 2.04. The number of hydrogen-bond acceptors (Lipinski definition) is 3. The molecule has 1 aromatic heterocycles. The molecule has 3 nitrogen and oxygen atoms in total. The number of rotatable bonds is 3. The molecule has 0 fully saturated rings. The first kappa shape index (κ1) is 10.2. The van der Waals surface area contributed by atoms with E-state index in [1.54, 1.807) is 11.1 Å². The lowest BCUT2D eigenvalue weighted by Crippen LogP contribution is -2.25. The van der Waals surface area contributed by atoms with Gasteiger partial charge in [0.05, 0.1) is 5.69 Å². The minimum absolute atomic E-state index is 0.191. The first-order valence-corrected chi connectivity index (χ1v) is 4.38. The number of likely N-dealkylation sites (N-methyl/N-ethyl adjacent to an activating group) is 1. The van der Waals surface area contributed by atoms with E-state index in [9.17, 15) is 4.79 Å². The van der Waals surface area contributed by atoms with E-state index in [-0.39, 0.29) is 11.2 Å². The van der Waals surface area contributed by atoms with E-state index in [1.165, 1.54) is 0 Å². The monoisotopic (exact) mass is 196 g/mol. The molecule has 0 aliphatic carbocycles. The normalized spacial score (nSPS) is 12.9. The van der Waals surface area contributed by atoms with Crippen molar-refractivity contribution in [3.05, 3.63) is 30.1 Å². The van der Waals surface area contributed by atoms with Crippen molar-refractivity contribution in [2.45, 2.75) is 6.04 Å².